The Bertz CT molecular complexity index is 442. The zero-order valence-corrected chi connectivity index (χ0v) is 13.2. The first kappa shape index (κ1) is 14.8. The first-order valence-electron chi connectivity index (χ1n) is 8.51. The van der Waals surface area contributed by atoms with Gasteiger partial charge in [-0.1, -0.05) is 13.3 Å². The summed E-state index contributed by atoms with van der Waals surface area (Å²) in [6.07, 6.45) is 7.43. The van der Waals surface area contributed by atoms with Gasteiger partial charge in [-0.2, -0.15) is 0 Å². The summed E-state index contributed by atoms with van der Waals surface area (Å²) in [6.45, 7) is 8.99. The van der Waals surface area contributed by atoms with Crippen LogP contribution < -0.4 is 10.2 Å². The van der Waals surface area contributed by atoms with Gasteiger partial charge in [-0.25, -0.2) is 4.98 Å². The second-order valence-corrected chi connectivity index (χ2v) is 6.29. The van der Waals surface area contributed by atoms with E-state index in [9.17, 15) is 0 Å². The van der Waals surface area contributed by atoms with Crippen molar-refractivity contribution < 1.29 is 0 Å². The lowest BCUT2D eigenvalue weighted by atomic mass is 10.1. The van der Waals surface area contributed by atoms with Crippen LogP contribution in [0.2, 0.25) is 0 Å². The second-order valence-electron chi connectivity index (χ2n) is 6.29. The van der Waals surface area contributed by atoms with Gasteiger partial charge in [0.1, 0.15) is 5.82 Å². The average molecular weight is 288 g/mol. The number of nitrogens with zero attached hydrogens (tertiary/aromatic N) is 3. The molecule has 0 amide bonds. The fourth-order valence-electron chi connectivity index (χ4n) is 3.54. The molecule has 0 aromatic carbocycles. The molecule has 2 aliphatic heterocycles. The Morgan fingerprint density at radius 2 is 2.10 bits per heavy atom. The van der Waals surface area contributed by atoms with Crippen LogP contribution in [0.4, 0.5) is 5.82 Å². The molecular formula is C17H28N4. The van der Waals surface area contributed by atoms with E-state index in [1.165, 1.54) is 44.3 Å². The van der Waals surface area contributed by atoms with Gasteiger partial charge in [0.2, 0.25) is 0 Å². The average Bonchev–Trinajstić information content (AvgIpc) is 3.04. The third-order valence-electron chi connectivity index (χ3n) is 4.78. The minimum atomic E-state index is 0.740. The molecule has 0 spiro atoms. The lowest BCUT2D eigenvalue weighted by Crippen LogP contribution is -2.40. The molecule has 1 atom stereocenters. The highest BCUT2D eigenvalue weighted by molar-refractivity contribution is 5.42. The maximum Gasteiger partial charge on any atom is 0.128 e. The van der Waals surface area contributed by atoms with E-state index in [1.807, 2.05) is 6.20 Å². The van der Waals surface area contributed by atoms with Gasteiger partial charge in [-0.3, -0.25) is 4.90 Å². The van der Waals surface area contributed by atoms with Crippen LogP contribution in [0.3, 0.4) is 0 Å². The monoisotopic (exact) mass is 288 g/mol. The zero-order chi connectivity index (χ0) is 14.5. The molecule has 3 heterocycles. The smallest absolute Gasteiger partial charge is 0.128 e. The van der Waals surface area contributed by atoms with Crippen molar-refractivity contribution in [2.24, 2.45) is 0 Å². The molecule has 0 aliphatic carbocycles. The fourth-order valence-corrected chi connectivity index (χ4v) is 3.54. The van der Waals surface area contributed by atoms with Crippen LogP contribution in [0.15, 0.2) is 18.3 Å². The molecule has 2 aliphatic rings. The number of piperidine rings is 1. The Labute approximate surface area is 128 Å². The lowest BCUT2D eigenvalue weighted by Gasteiger charge is -2.32. The molecule has 4 nitrogen and oxygen atoms in total. The highest BCUT2D eigenvalue weighted by atomic mass is 15.3. The Morgan fingerprint density at radius 3 is 2.90 bits per heavy atom. The first-order chi connectivity index (χ1) is 10.4. The van der Waals surface area contributed by atoms with E-state index in [1.54, 1.807) is 0 Å². The zero-order valence-electron chi connectivity index (χ0n) is 13.2. The van der Waals surface area contributed by atoms with E-state index < -0.39 is 0 Å². The van der Waals surface area contributed by atoms with Crippen LogP contribution in [0.5, 0.6) is 0 Å². The van der Waals surface area contributed by atoms with Gasteiger partial charge in [0, 0.05) is 31.9 Å². The molecule has 1 aromatic heterocycles. The molecule has 116 valence electrons. The van der Waals surface area contributed by atoms with Crippen molar-refractivity contribution in [2.75, 3.05) is 37.6 Å². The molecule has 0 saturated carbocycles. The van der Waals surface area contributed by atoms with Gasteiger partial charge in [0.25, 0.3) is 0 Å². The minimum absolute atomic E-state index is 0.740. The van der Waals surface area contributed by atoms with Gasteiger partial charge in [0.15, 0.2) is 0 Å². The van der Waals surface area contributed by atoms with Gasteiger partial charge in [-0.15, -0.1) is 0 Å². The number of hydrogen-bond donors (Lipinski definition) is 1. The number of anilines is 1. The van der Waals surface area contributed by atoms with Crippen molar-refractivity contribution in [3.05, 3.63) is 23.9 Å². The summed E-state index contributed by atoms with van der Waals surface area (Å²) in [5.74, 6) is 1.16. The van der Waals surface area contributed by atoms with Gasteiger partial charge in [-0.05, 0) is 56.6 Å². The van der Waals surface area contributed by atoms with Crippen molar-refractivity contribution in [1.82, 2.24) is 15.2 Å². The number of pyridine rings is 1. The van der Waals surface area contributed by atoms with Crippen molar-refractivity contribution in [3.8, 4) is 0 Å². The summed E-state index contributed by atoms with van der Waals surface area (Å²) in [4.78, 5) is 9.76. The topological polar surface area (TPSA) is 31.4 Å². The molecule has 3 rings (SSSR count). The molecule has 4 heteroatoms. The van der Waals surface area contributed by atoms with Crippen molar-refractivity contribution in [2.45, 2.75) is 45.2 Å². The number of nitrogens with one attached hydrogen (secondary N) is 1. The summed E-state index contributed by atoms with van der Waals surface area (Å²) < 4.78 is 0. The van der Waals surface area contributed by atoms with E-state index in [2.05, 4.69) is 39.2 Å². The Balaban J connectivity index is 1.60. The van der Waals surface area contributed by atoms with Crippen LogP contribution in [-0.2, 0) is 6.54 Å². The highest BCUT2D eigenvalue weighted by Crippen LogP contribution is 2.24. The number of rotatable bonds is 5. The molecule has 2 fully saturated rings. The standard InChI is InChI=1S/C17H28N4/c1-2-18-13-15-6-8-19-17(12-15)21-11-7-16(14-21)20-9-4-3-5-10-20/h6,8,12,16,18H,2-5,7,9-11,13-14H2,1H3. The highest BCUT2D eigenvalue weighted by Gasteiger charge is 2.29. The van der Waals surface area contributed by atoms with Gasteiger partial charge >= 0.3 is 0 Å². The van der Waals surface area contributed by atoms with Crippen LogP contribution in [0.25, 0.3) is 0 Å². The molecule has 1 aromatic rings. The predicted octanol–water partition coefficient (Wildman–Crippen LogP) is 2.26. The summed E-state index contributed by atoms with van der Waals surface area (Å²) >= 11 is 0. The van der Waals surface area contributed by atoms with E-state index in [0.717, 1.165) is 38.0 Å². The molecule has 0 bridgehead atoms. The van der Waals surface area contributed by atoms with Crippen molar-refractivity contribution in [3.63, 3.8) is 0 Å². The maximum atomic E-state index is 4.59. The summed E-state index contributed by atoms with van der Waals surface area (Å²) in [5.41, 5.74) is 1.34. The van der Waals surface area contributed by atoms with Crippen molar-refractivity contribution >= 4 is 5.82 Å². The van der Waals surface area contributed by atoms with E-state index in [-0.39, 0.29) is 0 Å². The summed E-state index contributed by atoms with van der Waals surface area (Å²) in [5, 5.41) is 3.39. The number of aromatic nitrogens is 1. The lowest BCUT2D eigenvalue weighted by molar-refractivity contribution is 0.175. The van der Waals surface area contributed by atoms with Crippen LogP contribution in [0, 0.1) is 0 Å². The number of likely N-dealkylation sites (tertiary alicyclic amines) is 1. The third-order valence-corrected chi connectivity index (χ3v) is 4.78. The largest absolute Gasteiger partial charge is 0.355 e. The second kappa shape index (κ2) is 7.23. The maximum absolute atomic E-state index is 4.59. The third kappa shape index (κ3) is 3.74. The van der Waals surface area contributed by atoms with E-state index >= 15 is 0 Å². The molecule has 1 N–H and O–H groups in total. The quantitative estimate of drug-likeness (QED) is 0.900. The molecule has 0 radical (unpaired) electrons. The van der Waals surface area contributed by atoms with E-state index in [0.29, 0.717) is 0 Å². The molecular weight excluding hydrogens is 260 g/mol. The SMILES string of the molecule is CCNCc1ccnc(N2CCC(N3CCCCC3)C2)c1. The molecule has 2 saturated heterocycles. The number of hydrogen-bond acceptors (Lipinski definition) is 4. The summed E-state index contributed by atoms with van der Waals surface area (Å²) in [6, 6.07) is 5.11. The predicted molar refractivity (Wildman–Crippen MR) is 87.7 cm³/mol. The van der Waals surface area contributed by atoms with Crippen LogP contribution >= 0.6 is 0 Å². The van der Waals surface area contributed by atoms with Crippen LogP contribution in [0.1, 0.15) is 38.2 Å². The molecule has 1 unspecified atom stereocenters. The van der Waals surface area contributed by atoms with E-state index in [4.69, 9.17) is 0 Å². The molecule has 21 heavy (non-hydrogen) atoms. The minimum Gasteiger partial charge on any atom is -0.355 e. The van der Waals surface area contributed by atoms with Crippen LogP contribution in [-0.4, -0.2) is 48.6 Å². The summed E-state index contributed by atoms with van der Waals surface area (Å²) in [7, 11) is 0. The normalized spacial score (nSPS) is 23.7. The first-order valence-corrected chi connectivity index (χ1v) is 8.51. The fraction of sp³-hybridized carbons (Fsp3) is 0.706. The Hall–Kier alpha value is -1.13. The Kier molecular flexibility index (Phi) is 5.09. The van der Waals surface area contributed by atoms with Gasteiger partial charge < -0.3 is 10.2 Å². The Morgan fingerprint density at radius 1 is 1.24 bits per heavy atom. The van der Waals surface area contributed by atoms with Gasteiger partial charge in [0.05, 0.1) is 0 Å². The van der Waals surface area contributed by atoms with Crippen molar-refractivity contribution in [1.29, 1.82) is 0 Å².